The standard InChI is InChI=1S/C21H24FN7O/c1-21-6-5-15(25-21)19(22)16(10-21)28(2)18-11-24-20(27-26-18)14-4-3-13(9-17(14)30)29-8-7-23-12-29/h3-4,7-9,11-12,15-16,19,25,30H,5-6,10H2,1-2H3/t15?,16-,19+,21-/m0/s1. The van der Waals surface area contributed by atoms with Gasteiger partial charge in [0, 0.05) is 37.1 Å². The zero-order valence-electron chi connectivity index (χ0n) is 16.9. The summed E-state index contributed by atoms with van der Waals surface area (Å²) in [6.07, 6.45) is 8.30. The Morgan fingerprint density at radius 2 is 2.20 bits per heavy atom. The molecule has 2 aromatic heterocycles. The fourth-order valence-corrected chi connectivity index (χ4v) is 4.66. The zero-order valence-corrected chi connectivity index (χ0v) is 16.9. The highest BCUT2D eigenvalue weighted by atomic mass is 19.1. The number of fused-ring (bicyclic) bond motifs is 2. The number of anilines is 1. The summed E-state index contributed by atoms with van der Waals surface area (Å²) in [7, 11) is 1.84. The van der Waals surface area contributed by atoms with Crippen LogP contribution in [0.4, 0.5) is 10.2 Å². The van der Waals surface area contributed by atoms with E-state index in [-0.39, 0.29) is 23.4 Å². The number of alkyl halides is 1. The van der Waals surface area contributed by atoms with Gasteiger partial charge >= 0.3 is 0 Å². The summed E-state index contributed by atoms with van der Waals surface area (Å²) in [6, 6.07) is 4.84. The molecule has 0 amide bonds. The van der Waals surface area contributed by atoms with Crippen molar-refractivity contribution in [3.8, 4) is 22.8 Å². The van der Waals surface area contributed by atoms with Crippen molar-refractivity contribution < 1.29 is 9.50 Å². The summed E-state index contributed by atoms with van der Waals surface area (Å²) in [6.45, 7) is 2.16. The average Bonchev–Trinajstić information content (AvgIpc) is 3.39. The van der Waals surface area contributed by atoms with Crippen molar-refractivity contribution in [1.82, 2.24) is 30.0 Å². The van der Waals surface area contributed by atoms with Gasteiger partial charge in [-0.3, -0.25) is 0 Å². The smallest absolute Gasteiger partial charge is 0.185 e. The third-order valence-corrected chi connectivity index (χ3v) is 6.39. The van der Waals surface area contributed by atoms with Gasteiger partial charge in [-0.15, -0.1) is 10.2 Å². The van der Waals surface area contributed by atoms with E-state index in [4.69, 9.17) is 0 Å². The van der Waals surface area contributed by atoms with Gasteiger partial charge in [-0.25, -0.2) is 14.4 Å². The molecule has 2 fully saturated rings. The molecule has 0 saturated carbocycles. The fraction of sp³-hybridized carbons (Fsp3) is 0.429. The average molecular weight is 409 g/mol. The summed E-state index contributed by atoms with van der Waals surface area (Å²) in [4.78, 5) is 10.2. The lowest BCUT2D eigenvalue weighted by Crippen LogP contribution is -2.60. The number of rotatable bonds is 4. The van der Waals surface area contributed by atoms with E-state index in [1.165, 1.54) is 0 Å². The Balaban J connectivity index is 1.37. The van der Waals surface area contributed by atoms with E-state index in [9.17, 15) is 9.50 Å². The van der Waals surface area contributed by atoms with Gasteiger partial charge in [-0.1, -0.05) is 0 Å². The highest BCUT2D eigenvalue weighted by Crippen LogP contribution is 2.39. The predicted octanol–water partition coefficient (Wildman–Crippen LogP) is 2.49. The van der Waals surface area contributed by atoms with Crippen LogP contribution in [0.25, 0.3) is 17.1 Å². The number of aromatic hydroxyl groups is 1. The van der Waals surface area contributed by atoms with Crippen LogP contribution in [0.15, 0.2) is 43.1 Å². The molecule has 4 atom stereocenters. The highest BCUT2D eigenvalue weighted by molar-refractivity contribution is 5.66. The quantitative estimate of drug-likeness (QED) is 0.684. The maximum Gasteiger partial charge on any atom is 0.185 e. The number of imidazole rings is 1. The Morgan fingerprint density at radius 3 is 2.90 bits per heavy atom. The van der Waals surface area contributed by atoms with Crippen molar-refractivity contribution in [2.45, 2.75) is 50.0 Å². The minimum atomic E-state index is -0.966. The molecule has 1 unspecified atom stereocenters. The van der Waals surface area contributed by atoms with Crippen molar-refractivity contribution in [3.05, 3.63) is 43.1 Å². The van der Waals surface area contributed by atoms with E-state index < -0.39 is 6.17 Å². The first kappa shape index (κ1) is 18.9. The molecular formula is C21H24FN7O. The molecule has 1 aromatic carbocycles. The molecule has 0 spiro atoms. The number of hydrogen-bond acceptors (Lipinski definition) is 7. The van der Waals surface area contributed by atoms with E-state index in [0.29, 0.717) is 23.6 Å². The lowest BCUT2D eigenvalue weighted by molar-refractivity contribution is 0.144. The number of piperidine rings is 1. The molecule has 5 rings (SSSR count). The second-order valence-corrected chi connectivity index (χ2v) is 8.49. The third kappa shape index (κ3) is 3.19. The Morgan fingerprint density at radius 1 is 1.33 bits per heavy atom. The van der Waals surface area contributed by atoms with Gasteiger partial charge in [0.05, 0.1) is 29.8 Å². The minimum Gasteiger partial charge on any atom is -0.507 e. The number of halogens is 1. The van der Waals surface area contributed by atoms with E-state index >= 15 is 0 Å². The van der Waals surface area contributed by atoms with Crippen LogP contribution >= 0.6 is 0 Å². The monoisotopic (exact) mass is 409 g/mol. The molecule has 2 aliphatic rings. The Labute approximate surface area is 173 Å². The number of benzene rings is 1. The van der Waals surface area contributed by atoms with Crippen molar-refractivity contribution in [3.63, 3.8) is 0 Å². The molecule has 2 saturated heterocycles. The maximum atomic E-state index is 15.0. The van der Waals surface area contributed by atoms with Crippen LogP contribution in [0.2, 0.25) is 0 Å². The van der Waals surface area contributed by atoms with Crippen LogP contribution in [0.3, 0.4) is 0 Å². The van der Waals surface area contributed by atoms with Gasteiger partial charge < -0.3 is 19.9 Å². The summed E-state index contributed by atoms with van der Waals surface area (Å²) in [5.74, 6) is 0.887. The van der Waals surface area contributed by atoms with Gasteiger partial charge in [0.2, 0.25) is 0 Å². The fourth-order valence-electron chi connectivity index (χ4n) is 4.66. The Kier molecular flexibility index (Phi) is 4.43. The van der Waals surface area contributed by atoms with Crippen LogP contribution in [0.1, 0.15) is 26.2 Å². The molecule has 0 radical (unpaired) electrons. The van der Waals surface area contributed by atoms with Crippen LogP contribution < -0.4 is 10.2 Å². The van der Waals surface area contributed by atoms with Crippen molar-refractivity contribution >= 4 is 5.82 Å². The molecule has 30 heavy (non-hydrogen) atoms. The van der Waals surface area contributed by atoms with Crippen molar-refractivity contribution in [1.29, 1.82) is 0 Å². The van der Waals surface area contributed by atoms with Crippen LogP contribution in [-0.4, -0.2) is 60.7 Å². The number of nitrogens with one attached hydrogen (secondary N) is 1. The van der Waals surface area contributed by atoms with Crippen LogP contribution in [0, 0.1) is 0 Å². The predicted molar refractivity (Wildman–Crippen MR) is 110 cm³/mol. The number of phenols is 1. The van der Waals surface area contributed by atoms with E-state index in [1.807, 2.05) is 18.0 Å². The molecule has 2 N–H and O–H groups in total. The number of aromatic nitrogens is 5. The molecular weight excluding hydrogens is 385 g/mol. The molecule has 156 valence electrons. The van der Waals surface area contributed by atoms with Gasteiger partial charge in [0.15, 0.2) is 11.6 Å². The lowest BCUT2D eigenvalue weighted by atomic mass is 9.87. The van der Waals surface area contributed by atoms with Gasteiger partial charge in [-0.05, 0) is 38.3 Å². The number of hydrogen-bond donors (Lipinski definition) is 2. The van der Waals surface area contributed by atoms with Crippen LogP contribution in [0.5, 0.6) is 5.75 Å². The second kappa shape index (κ2) is 7.02. The molecule has 0 aliphatic carbocycles. The first-order valence-electron chi connectivity index (χ1n) is 10.1. The summed E-state index contributed by atoms with van der Waals surface area (Å²) >= 11 is 0. The lowest BCUT2D eigenvalue weighted by Gasteiger charge is -2.43. The zero-order chi connectivity index (χ0) is 20.9. The van der Waals surface area contributed by atoms with E-state index in [0.717, 1.165) is 18.5 Å². The molecule has 2 aliphatic heterocycles. The van der Waals surface area contributed by atoms with Gasteiger partial charge in [0.1, 0.15) is 11.9 Å². The molecule has 9 heteroatoms. The molecule has 4 heterocycles. The number of phenolic OH excluding ortho intramolecular Hbond substituents is 1. The van der Waals surface area contributed by atoms with E-state index in [2.05, 4.69) is 32.4 Å². The third-order valence-electron chi connectivity index (χ3n) is 6.39. The van der Waals surface area contributed by atoms with Crippen molar-refractivity contribution in [2.75, 3.05) is 11.9 Å². The Hall–Kier alpha value is -3.07. The molecule has 3 aromatic rings. The first-order valence-corrected chi connectivity index (χ1v) is 10.1. The molecule has 8 nitrogen and oxygen atoms in total. The normalized spacial score (nSPS) is 27.9. The summed E-state index contributed by atoms with van der Waals surface area (Å²) in [5, 5.41) is 22.3. The van der Waals surface area contributed by atoms with Gasteiger partial charge in [0.25, 0.3) is 0 Å². The Bertz CT molecular complexity index is 1040. The topological polar surface area (TPSA) is 92.0 Å². The highest BCUT2D eigenvalue weighted by Gasteiger charge is 2.49. The number of nitrogens with zero attached hydrogens (tertiary/aromatic N) is 6. The van der Waals surface area contributed by atoms with Crippen LogP contribution in [-0.2, 0) is 0 Å². The maximum absolute atomic E-state index is 15.0. The summed E-state index contributed by atoms with van der Waals surface area (Å²) < 4.78 is 16.8. The first-order chi connectivity index (χ1) is 14.4. The van der Waals surface area contributed by atoms with Gasteiger partial charge in [-0.2, -0.15) is 0 Å². The van der Waals surface area contributed by atoms with E-state index in [1.54, 1.807) is 41.6 Å². The largest absolute Gasteiger partial charge is 0.507 e. The SMILES string of the molecule is CN(c1cnc(-c2ccc(-n3ccnc3)cc2O)nn1)[C@H]1C[C@]2(C)CCC(N2)[C@H]1F. The van der Waals surface area contributed by atoms with Crippen molar-refractivity contribution in [2.24, 2.45) is 0 Å². The summed E-state index contributed by atoms with van der Waals surface area (Å²) in [5.41, 5.74) is 1.23. The molecule has 2 bridgehead atoms. The second-order valence-electron chi connectivity index (χ2n) is 8.49. The minimum absolute atomic E-state index is 0.0320.